The van der Waals surface area contributed by atoms with E-state index in [9.17, 15) is 9.59 Å². The molecule has 1 aromatic carbocycles. The van der Waals surface area contributed by atoms with Gasteiger partial charge in [0, 0.05) is 22.0 Å². The van der Waals surface area contributed by atoms with Gasteiger partial charge in [0.2, 0.25) is 0 Å². The van der Waals surface area contributed by atoms with Gasteiger partial charge in [0.25, 0.3) is 0 Å². The van der Waals surface area contributed by atoms with Crippen LogP contribution in [-0.2, 0) is 19.1 Å². The van der Waals surface area contributed by atoms with Crippen LogP contribution in [0.2, 0.25) is 10.0 Å². The highest BCUT2D eigenvalue weighted by molar-refractivity contribution is 6.35. The predicted octanol–water partition coefficient (Wildman–Crippen LogP) is 3.97. The van der Waals surface area contributed by atoms with Crippen molar-refractivity contribution in [1.82, 2.24) is 5.32 Å². The zero-order valence-corrected chi connectivity index (χ0v) is 17.2. The van der Waals surface area contributed by atoms with Crippen LogP contribution in [-0.4, -0.2) is 32.8 Å². The van der Waals surface area contributed by atoms with Crippen LogP contribution >= 0.6 is 23.2 Å². The Morgan fingerprint density at radius 1 is 1.07 bits per heavy atom. The summed E-state index contributed by atoms with van der Waals surface area (Å²) in [7, 11) is 2.73. The summed E-state index contributed by atoms with van der Waals surface area (Å²) < 4.78 is 15.6. The van der Waals surface area contributed by atoms with Gasteiger partial charge in [-0.25, -0.2) is 9.59 Å². The molecule has 8 heteroatoms. The molecule has 1 aromatic rings. The molecule has 1 aliphatic heterocycles. The molecule has 6 nitrogen and oxygen atoms in total. The van der Waals surface area contributed by atoms with Crippen LogP contribution < -0.4 is 10.1 Å². The van der Waals surface area contributed by atoms with Gasteiger partial charge in [-0.1, -0.05) is 23.2 Å². The number of nitrogens with one attached hydrogen (secondary N) is 1. The quantitative estimate of drug-likeness (QED) is 0.735. The lowest BCUT2D eigenvalue weighted by molar-refractivity contribution is -0.139. The van der Waals surface area contributed by atoms with Crippen molar-refractivity contribution in [1.29, 1.82) is 0 Å². The molecule has 0 bridgehead atoms. The van der Waals surface area contributed by atoms with Crippen LogP contribution in [0.1, 0.15) is 32.3 Å². The maximum Gasteiger partial charge on any atom is 0.336 e. The number of dihydropyridines is 1. The van der Waals surface area contributed by atoms with Crippen LogP contribution in [0, 0.1) is 0 Å². The Morgan fingerprint density at radius 2 is 1.67 bits per heavy atom. The second kappa shape index (κ2) is 8.67. The average molecular weight is 414 g/mol. The molecule has 2 rings (SSSR count). The first-order chi connectivity index (χ1) is 12.8. The highest BCUT2D eigenvalue weighted by atomic mass is 35.5. The Kier molecular flexibility index (Phi) is 6.78. The molecule has 0 unspecified atom stereocenters. The van der Waals surface area contributed by atoms with E-state index in [1.54, 1.807) is 26.8 Å². The Labute approximate surface area is 168 Å². The minimum Gasteiger partial charge on any atom is -0.495 e. The second-order valence-electron chi connectivity index (χ2n) is 5.86. The van der Waals surface area contributed by atoms with E-state index in [2.05, 4.69) is 5.32 Å². The van der Waals surface area contributed by atoms with E-state index in [0.717, 1.165) is 0 Å². The van der Waals surface area contributed by atoms with E-state index >= 15 is 0 Å². The molecule has 0 fully saturated rings. The summed E-state index contributed by atoms with van der Waals surface area (Å²) in [6.07, 6.45) is 0. The molecule has 146 valence electrons. The van der Waals surface area contributed by atoms with Gasteiger partial charge in [0.1, 0.15) is 5.75 Å². The van der Waals surface area contributed by atoms with Crippen LogP contribution in [0.25, 0.3) is 0 Å². The monoisotopic (exact) mass is 413 g/mol. The topological polar surface area (TPSA) is 73.9 Å². The van der Waals surface area contributed by atoms with E-state index < -0.39 is 17.9 Å². The van der Waals surface area contributed by atoms with Crippen LogP contribution in [0.3, 0.4) is 0 Å². The fourth-order valence-electron chi connectivity index (χ4n) is 3.18. The van der Waals surface area contributed by atoms with Gasteiger partial charge in [-0.2, -0.15) is 0 Å². The minimum absolute atomic E-state index is 0.187. The number of methoxy groups -OCH3 is 2. The summed E-state index contributed by atoms with van der Waals surface area (Å²) >= 11 is 12.5. The van der Waals surface area contributed by atoms with Crippen molar-refractivity contribution >= 4 is 35.1 Å². The molecular weight excluding hydrogens is 393 g/mol. The lowest BCUT2D eigenvalue weighted by Gasteiger charge is -2.31. The Morgan fingerprint density at radius 3 is 2.19 bits per heavy atom. The maximum atomic E-state index is 12.7. The van der Waals surface area contributed by atoms with Gasteiger partial charge in [-0.05, 0) is 32.9 Å². The number of benzene rings is 1. The number of rotatable bonds is 5. The molecule has 1 aliphatic rings. The molecule has 0 saturated heterocycles. The smallest absolute Gasteiger partial charge is 0.336 e. The lowest BCUT2D eigenvalue weighted by atomic mass is 9.80. The Bertz CT molecular complexity index is 845. The molecule has 0 amide bonds. The molecule has 0 spiro atoms. The zero-order valence-electron chi connectivity index (χ0n) is 15.7. The van der Waals surface area contributed by atoms with Crippen molar-refractivity contribution in [2.75, 3.05) is 20.8 Å². The molecule has 0 aromatic heterocycles. The second-order valence-corrected chi connectivity index (χ2v) is 6.70. The van der Waals surface area contributed by atoms with E-state index in [1.807, 2.05) is 0 Å². The number of hydrogen-bond acceptors (Lipinski definition) is 6. The maximum absolute atomic E-state index is 12.7. The summed E-state index contributed by atoms with van der Waals surface area (Å²) in [5.74, 6) is -1.64. The van der Waals surface area contributed by atoms with Crippen molar-refractivity contribution in [2.45, 2.75) is 26.7 Å². The molecule has 1 atom stereocenters. The van der Waals surface area contributed by atoms with Gasteiger partial charge in [-0.3, -0.25) is 0 Å². The van der Waals surface area contributed by atoms with Crippen LogP contribution in [0.15, 0.2) is 34.7 Å². The van der Waals surface area contributed by atoms with Crippen molar-refractivity contribution in [3.8, 4) is 5.75 Å². The molecule has 1 N–H and O–H groups in total. The van der Waals surface area contributed by atoms with E-state index in [4.69, 9.17) is 37.4 Å². The molecule has 27 heavy (non-hydrogen) atoms. The summed E-state index contributed by atoms with van der Waals surface area (Å²) in [5.41, 5.74) is 2.10. The normalized spacial score (nSPS) is 16.8. The predicted molar refractivity (Wildman–Crippen MR) is 103 cm³/mol. The molecular formula is C19H21Cl2NO5. The van der Waals surface area contributed by atoms with Crippen molar-refractivity contribution in [3.05, 3.63) is 50.3 Å². The van der Waals surface area contributed by atoms with E-state index in [1.165, 1.54) is 20.3 Å². The standard InChI is InChI=1S/C19H21Cl2NO5/c1-6-27-19(24)15-10(3)22-9(2)14(18(23)26-5)16(15)12-7-11(20)8-13(21)17(12)25-4/h7-8,16,22H,6H2,1-5H3/t16-/m0/s1. The van der Waals surface area contributed by atoms with Gasteiger partial charge < -0.3 is 19.5 Å². The number of esters is 2. The van der Waals surface area contributed by atoms with E-state index in [0.29, 0.717) is 27.7 Å². The first-order valence-electron chi connectivity index (χ1n) is 8.23. The van der Waals surface area contributed by atoms with E-state index in [-0.39, 0.29) is 22.8 Å². The number of hydrogen-bond donors (Lipinski definition) is 1. The van der Waals surface area contributed by atoms with Crippen LogP contribution in [0.5, 0.6) is 5.75 Å². The third-order valence-electron chi connectivity index (χ3n) is 4.21. The van der Waals surface area contributed by atoms with Crippen molar-refractivity contribution in [3.63, 3.8) is 0 Å². The average Bonchev–Trinajstić information content (AvgIpc) is 2.59. The highest BCUT2D eigenvalue weighted by Gasteiger charge is 2.39. The zero-order chi connectivity index (χ0) is 20.3. The van der Waals surface area contributed by atoms with Gasteiger partial charge in [0.15, 0.2) is 0 Å². The Balaban J connectivity index is 2.83. The third kappa shape index (κ3) is 4.06. The number of allylic oxidation sites excluding steroid dienone is 2. The summed E-state index contributed by atoms with van der Waals surface area (Å²) in [6.45, 7) is 5.35. The fourth-order valence-corrected chi connectivity index (χ4v) is 3.76. The number of carbonyl (C=O) groups is 2. The third-order valence-corrected chi connectivity index (χ3v) is 4.71. The summed E-state index contributed by atoms with van der Waals surface area (Å²) in [4.78, 5) is 25.3. The van der Waals surface area contributed by atoms with Crippen molar-refractivity contribution in [2.24, 2.45) is 0 Å². The molecule has 1 heterocycles. The minimum atomic E-state index is -0.816. The van der Waals surface area contributed by atoms with Crippen molar-refractivity contribution < 1.29 is 23.8 Å². The molecule has 0 aliphatic carbocycles. The highest BCUT2D eigenvalue weighted by Crippen LogP contribution is 2.46. The fraction of sp³-hybridized carbons (Fsp3) is 0.368. The first kappa shape index (κ1) is 21.1. The number of ether oxygens (including phenoxy) is 3. The first-order valence-corrected chi connectivity index (χ1v) is 8.99. The number of carbonyl (C=O) groups excluding carboxylic acids is 2. The van der Waals surface area contributed by atoms with Gasteiger partial charge in [0.05, 0.1) is 42.9 Å². The molecule has 0 radical (unpaired) electrons. The molecule has 0 saturated carbocycles. The van der Waals surface area contributed by atoms with Gasteiger partial charge >= 0.3 is 11.9 Å². The Hall–Kier alpha value is -2.18. The lowest BCUT2D eigenvalue weighted by Crippen LogP contribution is -2.32. The van der Waals surface area contributed by atoms with Crippen LogP contribution in [0.4, 0.5) is 0 Å². The number of halogens is 2. The summed E-state index contributed by atoms with van der Waals surface area (Å²) in [6, 6.07) is 3.15. The summed E-state index contributed by atoms with van der Waals surface area (Å²) in [5, 5.41) is 3.66. The largest absolute Gasteiger partial charge is 0.495 e. The SMILES string of the molecule is CCOC(=O)C1=C(C)NC(C)=C(C(=O)OC)[C@@H]1c1cc(Cl)cc(Cl)c1OC. The van der Waals surface area contributed by atoms with Gasteiger partial charge in [-0.15, -0.1) is 0 Å².